The standard InChI is InChI=1S/C87H128N24O26S.Ga/c88-84(89)94-30-11-19-58-76(125)97-48-68(113)101-65(46-71(116)117)82(131)107-63(44-53-13-3-1-4-14-53)80(129)105-60(78(127)103-58)17-7-9-28-92-67(112)26-25-62(75(124)93-29-10-8-18-61-79(128)104-59(20-12-31-95-85(90)91)77(126)98-49-69(114)102-66(47-72(118)119)83(132)108-64(81(130)106-61)45-54-15-5-2-6-16-54)100-70(115)52-137-42-41-136-40-39-135-38-32-96-86(138)99-56-23-21-55(22-24-56)43-57-27-33-110(87(133)134)36-34-109(50-73(120)121)35-37-111(57)51-74(122)123;/h1-6,13-16,21-24,57-66H,7-12,17-20,25-52H2,(H,92,112)(H,93,124)(H,97,125)(H,98,126)(H,100,115)(H,101,113)(H,102,114)(H,103,127)(H,104,128)(H,105,129)(H,106,130)(H,107,131)(H,108,132)(H,116,117)(H,118,119)(H,120,121)(H,122,123)(H,133,134)(H4,88,89,94)(H4,90,91,95)(H2,96,99,138);/q;+3/t57?,58-,59-,60-,61-,62?,63-,64-,65-,66-;/m0./s1. The van der Waals surface area contributed by atoms with E-state index in [2.05, 4.69) is 90.4 Å². The molecule has 0 saturated carbocycles. The van der Waals surface area contributed by atoms with Crippen molar-refractivity contribution in [2.45, 2.75) is 176 Å². The van der Waals surface area contributed by atoms with Crippen molar-refractivity contribution in [3.63, 3.8) is 0 Å². The molecule has 0 aliphatic carbocycles. The van der Waals surface area contributed by atoms with Gasteiger partial charge in [-0.05, 0) is 125 Å². The molecule has 3 aromatic rings. The first-order chi connectivity index (χ1) is 66.0. The molecular weight excluding hydrogens is 1900 g/mol. The summed E-state index contributed by atoms with van der Waals surface area (Å²) < 4.78 is 16.9. The fourth-order valence-electron chi connectivity index (χ4n) is 14.7. The average molecular weight is 2030 g/mol. The number of thiocarbonyl (C=S) groups is 1. The van der Waals surface area contributed by atoms with Crippen LogP contribution >= 0.6 is 12.2 Å². The van der Waals surface area contributed by atoms with Gasteiger partial charge in [0, 0.05) is 96.4 Å². The molecule has 3 saturated heterocycles. The van der Waals surface area contributed by atoms with Crippen molar-refractivity contribution < 1.29 is 126 Å². The molecule has 3 fully saturated rings. The summed E-state index contributed by atoms with van der Waals surface area (Å²) in [6.45, 7) is -1.44. The maximum absolute atomic E-state index is 14.5. The summed E-state index contributed by atoms with van der Waals surface area (Å²) in [5, 5.41) is 108. The van der Waals surface area contributed by atoms with E-state index >= 15 is 0 Å². The van der Waals surface area contributed by atoms with E-state index < -0.39 is 200 Å². The number of nitrogens with one attached hydrogen (secondary N) is 19. The first kappa shape index (κ1) is 116. The second-order valence-corrected chi connectivity index (χ2v) is 33.1. The topological polar surface area (TPSA) is 750 Å². The van der Waals surface area contributed by atoms with Gasteiger partial charge >= 0.3 is 49.8 Å². The minimum Gasteiger partial charge on any atom is -0.481 e. The Bertz CT molecular complexity index is 4620. The first-order valence-electron chi connectivity index (χ1n) is 45.2. The van der Waals surface area contributed by atoms with Crippen LogP contribution in [-0.4, -0.2) is 376 Å². The Labute approximate surface area is 819 Å². The Kier molecular flexibility index (Phi) is 53.4. The van der Waals surface area contributed by atoms with Gasteiger partial charge in [0.25, 0.3) is 0 Å². The summed E-state index contributed by atoms with van der Waals surface area (Å²) >= 11 is 5.49. The van der Waals surface area contributed by atoms with Crippen LogP contribution in [0.5, 0.6) is 0 Å². The van der Waals surface area contributed by atoms with Gasteiger partial charge in [-0.2, -0.15) is 0 Å². The molecule has 14 amide bonds. The van der Waals surface area contributed by atoms with Gasteiger partial charge < -0.3 is 146 Å². The van der Waals surface area contributed by atoms with Crippen LogP contribution in [0.3, 0.4) is 0 Å². The Morgan fingerprint density at radius 1 is 0.432 bits per heavy atom. The monoisotopic (exact) mass is 2030 g/mol. The number of anilines is 1. The van der Waals surface area contributed by atoms with Crippen LogP contribution in [0.1, 0.15) is 113 Å². The molecule has 6 rings (SSSR count). The maximum atomic E-state index is 14.5. The van der Waals surface area contributed by atoms with Crippen molar-refractivity contribution in [3.8, 4) is 0 Å². The number of aliphatic carboxylic acids is 4. The molecule has 50 nitrogen and oxygen atoms in total. The fraction of sp³-hybridized carbons (Fsp3) is 0.552. The fourth-order valence-corrected chi connectivity index (χ4v) is 14.9. The molecule has 3 heterocycles. The number of ether oxygens (including phenoxy) is 3. The summed E-state index contributed by atoms with van der Waals surface area (Å²) in [6.07, 6.45) is -3.31. The number of hydrogen-bond acceptors (Lipinski definition) is 26. The number of nitrogens with zero attached hydrogens (tertiary/aromatic N) is 3. The minimum absolute atomic E-state index is 0. The molecular formula is C87H128GaN24O26S+3. The Balaban J connectivity index is 0.0000341. The molecule has 3 aliphatic heterocycles. The van der Waals surface area contributed by atoms with Crippen LogP contribution in [0, 0.1) is 10.8 Å². The van der Waals surface area contributed by atoms with Crippen LogP contribution in [0.2, 0.25) is 0 Å². The molecule has 0 aromatic heterocycles. The zero-order chi connectivity index (χ0) is 101. The molecule has 28 N–H and O–H groups in total. The van der Waals surface area contributed by atoms with Gasteiger partial charge in [-0.25, -0.2) is 4.79 Å². The van der Waals surface area contributed by atoms with Crippen molar-refractivity contribution in [2.24, 2.45) is 11.5 Å². The van der Waals surface area contributed by atoms with Crippen molar-refractivity contribution in [1.29, 1.82) is 10.8 Å². The molecule has 0 spiro atoms. The van der Waals surface area contributed by atoms with E-state index in [1.807, 2.05) is 12.1 Å². The second-order valence-electron chi connectivity index (χ2n) is 32.7. The predicted octanol–water partition coefficient (Wildman–Crippen LogP) is -6.35. The number of carbonyl (C=O) groups is 18. The Morgan fingerprint density at radius 3 is 1.33 bits per heavy atom. The molecule has 52 heteroatoms. The minimum atomic E-state index is -1.74. The largest absolute Gasteiger partial charge is 3.00 e. The normalized spacial score (nSPS) is 19.9. The molecule has 139 heavy (non-hydrogen) atoms. The number of guanidine groups is 2. The first-order valence-corrected chi connectivity index (χ1v) is 45.6. The summed E-state index contributed by atoms with van der Waals surface area (Å²) in [7, 11) is 0. The quantitative estimate of drug-likeness (QED) is 0.00822. The van der Waals surface area contributed by atoms with E-state index in [9.17, 15) is 112 Å². The summed E-state index contributed by atoms with van der Waals surface area (Å²) in [5.74, 6) is -17.6. The van der Waals surface area contributed by atoms with Crippen molar-refractivity contribution in [2.75, 3.05) is 137 Å². The van der Waals surface area contributed by atoms with E-state index in [1.54, 1.807) is 82.6 Å². The molecule has 3 aliphatic rings. The molecule has 2 unspecified atom stereocenters. The van der Waals surface area contributed by atoms with Crippen LogP contribution in [0.4, 0.5) is 10.5 Å². The average Bonchev–Trinajstić information content (AvgIpc) is 1.85. The number of amides is 14. The van der Waals surface area contributed by atoms with Gasteiger partial charge in [0.1, 0.15) is 61.0 Å². The van der Waals surface area contributed by atoms with Crippen LogP contribution in [-0.2, 0) is 115 Å². The summed E-state index contributed by atoms with van der Waals surface area (Å²) in [6, 6.07) is 9.96. The number of unbranched alkanes of at least 4 members (excludes halogenated alkanes) is 2. The second kappa shape index (κ2) is 63.9. The van der Waals surface area contributed by atoms with E-state index in [1.165, 1.54) is 4.90 Å². The third kappa shape index (κ3) is 47.5. The summed E-state index contributed by atoms with van der Waals surface area (Å²) in [5.41, 5.74) is 13.4. The van der Waals surface area contributed by atoms with E-state index in [4.69, 9.17) is 48.7 Å². The van der Waals surface area contributed by atoms with Crippen molar-refractivity contribution in [1.82, 2.24) is 99.8 Å². The zero-order valence-electron chi connectivity index (χ0n) is 77.0. The van der Waals surface area contributed by atoms with Crippen LogP contribution in [0.25, 0.3) is 0 Å². The Morgan fingerprint density at radius 2 is 0.856 bits per heavy atom. The van der Waals surface area contributed by atoms with E-state index in [-0.39, 0.29) is 238 Å². The number of benzene rings is 3. The van der Waals surface area contributed by atoms with Crippen LogP contribution < -0.4 is 102 Å². The van der Waals surface area contributed by atoms with E-state index in [0.717, 1.165) is 5.56 Å². The van der Waals surface area contributed by atoms with Gasteiger partial charge in [-0.15, -0.1) is 0 Å². The van der Waals surface area contributed by atoms with Gasteiger partial charge in [0.2, 0.25) is 76.8 Å². The third-order valence-electron chi connectivity index (χ3n) is 21.8. The molecule has 0 bridgehead atoms. The molecule has 3 aromatic carbocycles. The van der Waals surface area contributed by atoms with Gasteiger partial charge in [-0.3, -0.25) is 102 Å². The van der Waals surface area contributed by atoms with Crippen LogP contribution in [0.15, 0.2) is 84.9 Å². The van der Waals surface area contributed by atoms with Crippen molar-refractivity contribution in [3.05, 3.63) is 102 Å². The van der Waals surface area contributed by atoms with Gasteiger partial charge in [0.15, 0.2) is 17.0 Å². The zero-order valence-corrected chi connectivity index (χ0v) is 80.3. The third-order valence-corrected chi connectivity index (χ3v) is 22.1. The Hall–Kier alpha value is -13.4. The number of carboxylic acids is 4. The molecule has 0 radical (unpaired) electrons. The molecule has 10 atom stereocenters. The SMILES string of the molecule is N=C(N)NCCC[C@@H]1NC(=O)[C@H](CCCCNC(=O)CCC(NC(=O)COCCOCCOCCNC(=S)Nc2ccc(CC3CCN(C(=O)O)CCN(CC(=O)O)CCN3CC(=O)O)cc2)C(=O)NCCCC[C@@H]2NC(=O)[C@H](Cc3ccccc3)NC(=O)[C@H](CC(=O)O)NC(=O)CNC(=O)[C@H](CCCNC(=N)N)NC2=O)NC(=O)[C@H](Cc2ccccc2)NC(=O)[C@H](CC(=O)O)NC(=O)CNC1=O.[Ga+3]. The van der Waals surface area contributed by atoms with E-state index in [0.29, 0.717) is 29.7 Å². The maximum Gasteiger partial charge on any atom is 3.00 e. The summed E-state index contributed by atoms with van der Waals surface area (Å²) in [4.78, 5) is 245. The predicted molar refractivity (Wildman–Crippen MR) is 503 cm³/mol. The smallest absolute Gasteiger partial charge is 0.481 e. The number of carbonyl (C=O) groups excluding carboxylic acids is 13. The van der Waals surface area contributed by atoms with Gasteiger partial charge in [0.05, 0.1) is 72.1 Å². The number of carboxylic acid groups (broad SMARTS) is 5. The number of nitrogens with two attached hydrogens (primary N) is 2. The molecule has 758 valence electrons. The van der Waals surface area contributed by atoms with Gasteiger partial charge in [-0.1, -0.05) is 72.8 Å². The van der Waals surface area contributed by atoms with Crippen molar-refractivity contribution >= 4 is 161 Å². The number of rotatable bonds is 49. The number of hydrogen-bond donors (Lipinski definition) is 26.